The van der Waals surface area contributed by atoms with Crippen LogP contribution >= 0.6 is 15.9 Å². The van der Waals surface area contributed by atoms with Crippen LogP contribution < -0.4 is 5.32 Å². The molecule has 1 aliphatic rings. The molecule has 1 aromatic rings. The smallest absolute Gasteiger partial charge is 0.338 e. The molecule has 0 saturated heterocycles. The van der Waals surface area contributed by atoms with Crippen molar-refractivity contribution >= 4 is 27.9 Å². The van der Waals surface area contributed by atoms with Crippen LogP contribution in [0.1, 0.15) is 32.4 Å². The molecular weight excluding hydrogens is 388 g/mol. The first-order chi connectivity index (χ1) is 11.9. The Balaban J connectivity index is 2.43. The Bertz CT molecular complexity index is 670. The minimum Gasteiger partial charge on any atom is -0.460 e. The normalized spacial score (nSPS) is 17.8. The molecular formula is C18H23BrN2O4. The fourth-order valence-corrected chi connectivity index (χ4v) is 3.11. The molecule has 0 saturated carbocycles. The number of hydrogen-bond acceptors (Lipinski definition) is 4. The molecule has 0 aromatic heterocycles. The molecule has 1 atom stereocenters. The zero-order chi connectivity index (χ0) is 18.6. The lowest BCUT2D eigenvalue weighted by Crippen LogP contribution is -2.50. The van der Waals surface area contributed by atoms with Crippen molar-refractivity contribution < 1.29 is 19.1 Å². The van der Waals surface area contributed by atoms with Crippen LogP contribution in [0.4, 0.5) is 4.79 Å². The molecule has 2 amide bonds. The molecule has 136 valence electrons. The quantitative estimate of drug-likeness (QED) is 0.576. The van der Waals surface area contributed by atoms with E-state index in [0.29, 0.717) is 17.9 Å². The number of carbonyl (C=O) groups excluding carboxylic acids is 2. The van der Waals surface area contributed by atoms with Crippen molar-refractivity contribution in [3.05, 3.63) is 45.6 Å². The Hall–Kier alpha value is -1.86. The van der Waals surface area contributed by atoms with Gasteiger partial charge in [0.25, 0.3) is 0 Å². The Morgan fingerprint density at radius 2 is 1.92 bits per heavy atom. The number of halogens is 1. The highest BCUT2D eigenvalue weighted by molar-refractivity contribution is 9.10. The van der Waals surface area contributed by atoms with Gasteiger partial charge in [-0.3, -0.25) is 4.90 Å². The van der Waals surface area contributed by atoms with Gasteiger partial charge in [-0.2, -0.15) is 0 Å². The molecule has 1 N–H and O–H groups in total. The van der Waals surface area contributed by atoms with Gasteiger partial charge in [0.1, 0.15) is 6.61 Å². The number of ether oxygens (including phenoxy) is 2. The van der Waals surface area contributed by atoms with Crippen LogP contribution in [-0.4, -0.2) is 43.3 Å². The Kier molecular flexibility index (Phi) is 6.61. The first-order valence-electron chi connectivity index (χ1n) is 8.08. The summed E-state index contributed by atoms with van der Waals surface area (Å²) in [7, 11) is 1.55. The van der Waals surface area contributed by atoms with E-state index in [0.717, 1.165) is 10.0 Å². The van der Waals surface area contributed by atoms with Gasteiger partial charge in [-0.15, -0.1) is 0 Å². The monoisotopic (exact) mass is 410 g/mol. The molecule has 25 heavy (non-hydrogen) atoms. The maximum atomic E-state index is 12.7. The summed E-state index contributed by atoms with van der Waals surface area (Å²) in [5.41, 5.74) is 1.86. The minimum absolute atomic E-state index is 0.0763. The molecule has 1 aliphatic heterocycles. The highest BCUT2D eigenvalue weighted by atomic mass is 79.9. The number of benzene rings is 1. The molecule has 0 aliphatic carbocycles. The van der Waals surface area contributed by atoms with E-state index in [-0.39, 0.29) is 18.7 Å². The van der Waals surface area contributed by atoms with Crippen molar-refractivity contribution in [3.63, 3.8) is 0 Å². The maximum Gasteiger partial charge on any atom is 0.338 e. The number of nitrogens with one attached hydrogen (secondary N) is 1. The van der Waals surface area contributed by atoms with Crippen molar-refractivity contribution in [3.8, 4) is 0 Å². The van der Waals surface area contributed by atoms with Crippen molar-refractivity contribution in [1.29, 1.82) is 0 Å². The molecule has 6 nitrogen and oxygen atoms in total. The summed E-state index contributed by atoms with van der Waals surface area (Å²) in [5.74, 6) is -0.451. The minimum atomic E-state index is -0.550. The Morgan fingerprint density at radius 1 is 1.28 bits per heavy atom. The fraction of sp³-hybridized carbons (Fsp3) is 0.444. The van der Waals surface area contributed by atoms with Crippen LogP contribution in [0.5, 0.6) is 0 Å². The van der Waals surface area contributed by atoms with Crippen LogP contribution in [0.3, 0.4) is 0 Å². The predicted molar refractivity (Wildman–Crippen MR) is 97.9 cm³/mol. The van der Waals surface area contributed by atoms with Crippen LogP contribution in [0.15, 0.2) is 40.0 Å². The van der Waals surface area contributed by atoms with Gasteiger partial charge in [0.2, 0.25) is 0 Å². The summed E-state index contributed by atoms with van der Waals surface area (Å²) >= 11 is 3.39. The van der Waals surface area contributed by atoms with E-state index in [1.807, 2.05) is 38.1 Å². The van der Waals surface area contributed by atoms with Gasteiger partial charge in [0, 0.05) is 23.3 Å². The number of carbonyl (C=O) groups is 2. The third-order valence-corrected chi connectivity index (χ3v) is 4.52. The summed E-state index contributed by atoms with van der Waals surface area (Å²) in [4.78, 5) is 26.8. The lowest BCUT2D eigenvalue weighted by molar-refractivity contribution is -0.140. The van der Waals surface area contributed by atoms with E-state index in [1.54, 1.807) is 18.9 Å². The summed E-state index contributed by atoms with van der Waals surface area (Å²) in [6.45, 7) is 6.06. The lowest BCUT2D eigenvalue weighted by atomic mass is 9.94. The molecule has 0 fully saturated rings. The molecule has 7 heteroatoms. The van der Waals surface area contributed by atoms with E-state index in [2.05, 4.69) is 21.2 Å². The van der Waals surface area contributed by atoms with Crippen molar-refractivity contribution in [1.82, 2.24) is 10.2 Å². The van der Waals surface area contributed by atoms with Crippen LogP contribution in [-0.2, 0) is 14.3 Å². The largest absolute Gasteiger partial charge is 0.460 e. The molecule has 0 bridgehead atoms. The molecule has 0 spiro atoms. The first kappa shape index (κ1) is 19.5. The maximum absolute atomic E-state index is 12.7. The number of rotatable bonds is 6. The highest BCUT2D eigenvalue weighted by Crippen LogP contribution is 2.32. The second-order valence-electron chi connectivity index (χ2n) is 6.03. The number of urea groups is 1. The highest BCUT2D eigenvalue weighted by Gasteiger charge is 2.37. The van der Waals surface area contributed by atoms with Crippen molar-refractivity contribution in [2.75, 3.05) is 20.3 Å². The molecule has 0 radical (unpaired) electrons. The van der Waals surface area contributed by atoms with Crippen molar-refractivity contribution in [2.24, 2.45) is 0 Å². The lowest BCUT2D eigenvalue weighted by Gasteiger charge is -2.37. The van der Waals surface area contributed by atoms with Gasteiger partial charge >= 0.3 is 12.0 Å². The standard InChI is InChI=1S/C18H23BrN2O4/c1-11(2)21-12(3)15(17(22)25-10-9-24-4)16(20-18(21)23)13-5-7-14(19)8-6-13/h5-8,11,16H,9-10H2,1-4H3,(H,20,23)/t16-/m0/s1. The average molecular weight is 411 g/mol. The summed E-state index contributed by atoms with van der Waals surface area (Å²) in [6.07, 6.45) is 0. The molecule has 0 unspecified atom stereocenters. The number of esters is 1. The Morgan fingerprint density at radius 3 is 2.48 bits per heavy atom. The van der Waals surface area contributed by atoms with E-state index in [9.17, 15) is 9.59 Å². The van der Waals surface area contributed by atoms with Crippen LogP contribution in [0.2, 0.25) is 0 Å². The van der Waals surface area contributed by atoms with Gasteiger partial charge < -0.3 is 14.8 Å². The summed E-state index contributed by atoms with van der Waals surface area (Å²) in [5, 5.41) is 2.92. The van der Waals surface area contributed by atoms with E-state index >= 15 is 0 Å². The third kappa shape index (κ3) is 4.41. The number of allylic oxidation sites excluding steroid dienone is 1. The Labute approximate surface area is 156 Å². The average Bonchev–Trinajstić information content (AvgIpc) is 2.54. The summed E-state index contributed by atoms with van der Waals surface area (Å²) in [6, 6.07) is 6.64. The van der Waals surface area contributed by atoms with Gasteiger partial charge in [-0.05, 0) is 38.5 Å². The van der Waals surface area contributed by atoms with E-state index in [4.69, 9.17) is 9.47 Å². The second kappa shape index (κ2) is 8.49. The topological polar surface area (TPSA) is 67.9 Å². The molecule has 1 heterocycles. The van der Waals surface area contributed by atoms with Gasteiger partial charge in [0.15, 0.2) is 0 Å². The van der Waals surface area contributed by atoms with Crippen molar-refractivity contribution in [2.45, 2.75) is 32.9 Å². The summed E-state index contributed by atoms with van der Waals surface area (Å²) < 4.78 is 11.2. The second-order valence-corrected chi connectivity index (χ2v) is 6.94. The SMILES string of the molecule is COCCOC(=O)C1=C(C)N(C(C)C)C(=O)N[C@H]1c1ccc(Br)cc1. The van der Waals surface area contributed by atoms with Gasteiger partial charge in [-0.25, -0.2) is 9.59 Å². The number of amides is 2. The zero-order valence-electron chi connectivity index (χ0n) is 14.8. The first-order valence-corrected chi connectivity index (χ1v) is 8.88. The van der Waals surface area contributed by atoms with Gasteiger partial charge in [0.05, 0.1) is 18.2 Å². The van der Waals surface area contributed by atoms with Crippen LogP contribution in [0, 0.1) is 0 Å². The fourth-order valence-electron chi connectivity index (χ4n) is 2.84. The van der Waals surface area contributed by atoms with Gasteiger partial charge in [-0.1, -0.05) is 28.1 Å². The third-order valence-electron chi connectivity index (χ3n) is 3.99. The predicted octanol–water partition coefficient (Wildman–Crippen LogP) is 3.39. The zero-order valence-corrected chi connectivity index (χ0v) is 16.4. The number of nitrogens with zero attached hydrogens (tertiary/aromatic N) is 1. The van der Waals surface area contributed by atoms with E-state index in [1.165, 1.54) is 0 Å². The number of hydrogen-bond donors (Lipinski definition) is 1. The van der Waals surface area contributed by atoms with Crippen LogP contribution in [0.25, 0.3) is 0 Å². The molecule has 2 rings (SSSR count). The number of methoxy groups -OCH3 is 1. The molecule has 1 aromatic carbocycles. The van der Waals surface area contributed by atoms with E-state index < -0.39 is 12.0 Å².